The Hall–Kier alpha value is -2.39. The molecular weight excluding hydrogens is 396 g/mol. The second kappa shape index (κ2) is 9.70. The molecule has 0 aliphatic carbocycles. The molecule has 3 rings (SSSR count). The SMILES string of the molecule is CCCCCCn1c(SCc2nc(N)nc(N)n2)nnc1-c1ccc(Cl)cc1. The van der Waals surface area contributed by atoms with Gasteiger partial charge in [0.05, 0.1) is 5.75 Å². The molecule has 0 fully saturated rings. The lowest BCUT2D eigenvalue weighted by Gasteiger charge is -2.10. The van der Waals surface area contributed by atoms with Crippen molar-refractivity contribution in [3.05, 3.63) is 35.1 Å². The van der Waals surface area contributed by atoms with Gasteiger partial charge in [0.1, 0.15) is 5.82 Å². The Labute approximate surface area is 173 Å². The monoisotopic (exact) mass is 418 g/mol. The summed E-state index contributed by atoms with van der Waals surface area (Å²) in [6, 6.07) is 7.62. The number of benzene rings is 1. The minimum Gasteiger partial charge on any atom is -0.368 e. The fourth-order valence-corrected chi connectivity index (χ4v) is 3.70. The molecule has 0 aliphatic heterocycles. The summed E-state index contributed by atoms with van der Waals surface area (Å²) in [7, 11) is 0. The number of unbranched alkanes of at least 4 members (excludes halogenated alkanes) is 3. The van der Waals surface area contributed by atoms with Gasteiger partial charge in [-0.3, -0.25) is 0 Å². The summed E-state index contributed by atoms with van der Waals surface area (Å²) < 4.78 is 2.14. The van der Waals surface area contributed by atoms with Crippen molar-refractivity contribution in [3.63, 3.8) is 0 Å². The van der Waals surface area contributed by atoms with Crippen LogP contribution in [0.1, 0.15) is 38.4 Å². The van der Waals surface area contributed by atoms with Crippen molar-refractivity contribution < 1.29 is 0 Å². The number of aromatic nitrogens is 6. The van der Waals surface area contributed by atoms with Crippen LogP contribution in [0, 0.1) is 0 Å². The first-order chi connectivity index (χ1) is 13.6. The van der Waals surface area contributed by atoms with Crippen molar-refractivity contribution >= 4 is 35.3 Å². The number of rotatable bonds is 9. The fraction of sp³-hybridized carbons (Fsp3) is 0.389. The summed E-state index contributed by atoms with van der Waals surface area (Å²) in [5.74, 6) is 2.05. The van der Waals surface area contributed by atoms with Gasteiger partial charge in [-0.05, 0) is 30.7 Å². The average molecular weight is 419 g/mol. The quantitative estimate of drug-likeness (QED) is 0.397. The first-order valence-corrected chi connectivity index (χ1v) is 10.5. The zero-order valence-corrected chi connectivity index (χ0v) is 17.2. The minimum absolute atomic E-state index is 0.117. The van der Waals surface area contributed by atoms with Gasteiger partial charge in [0.15, 0.2) is 11.0 Å². The molecule has 4 N–H and O–H groups in total. The van der Waals surface area contributed by atoms with Gasteiger partial charge < -0.3 is 16.0 Å². The fourth-order valence-electron chi connectivity index (χ4n) is 2.76. The van der Waals surface area contributed by atoms with E-state index in [4.69, 9.17) is 23.1 Å². The molecule has 28 heavy (non-hydrogen) atoms. The first-order valence-electron chi connectivity index (χ1n) is 9.14. The molecule has 2 aromatic heterocycles. The molecule has 0 bridgehead atoms. The maximum Gasteiger partial charge on any atom is 0.225 e. The van der Waals surface area contributed by atoms with E-state index in [1.165, 1.54) is 31.0 Å². The normalized spacial score (nSPS) is 11.1. The van der Waals surface area contributed by atoms with E-state index >= 15 is 0 Å². The lowest BCUT2D eigenvalue weighted by Crippen LogP contribution is -2.07. The van der Waals surface area contributed by atoms with Crippen molar-refractivity contribution in [3.8, 4) is 11.4 Å². The lowest BCUT2D eigenvalue weighted by molar-refractivity contribution is 0.556. The van der Waals surface area contributed by atoms with Crippen LogP contribution in [0.3, 0.4) is 0 Å². The molecule has 0 aliphatic rings. The van der Waals surface area contributed by atoms with Gasteiger partial charge in [-0.15, -0.1) is 10.2 Å². The topological polar surface area (TPSA) is 121 Å². The number of nitrogens with two attached hydrogens (primary N) is 2. The van der Waals surface area contributed by atoms with Crippen LogP contribution in [0.5, 0.6) is 0 Å². The van der Waals surface area contributed by atoms with Crippen molar-refractivity contribution in [2.45, 2.75) is 50.1 Å². The van der Waals surface area contributed by atoms with Crippen LogP contribution in [0.4, 0.5) is 11.9 Å². The van der Waals surface area contributed by atoms with Gasteiger partial charge in [-0.25, -0.2) is 0 Å². The van der Waals surface area contributed by atoms with E-state index in [9.17, 15) is 0 Å². The highest BCUT2D eigenvalue weighted by Crippen LogP contribution is 2.27. The number of nitrogen functional groups attached to an aromatic ring is 2. The minimum atomic E-state index is 0.117. The van der Waals surface area contributed by atoms with Crippen LogP contribution in [0.2, 0.25) is 5.02 Å². The Balaban J connectivity index is 1.81. The van der Waals surface area contributed by atoms with E-state index in [1.54, 1.807) is 0 Å². The first kappa shape index (κ1) is 20.3. The Bertz CT molecular complexity index is 892. The zero-order chi connectivity index (χ0) is 19.9. The maximum atomic E-state index is 6.02. The van der Waals surface area contributed by atoms with E-state index in [2.05, 4.69) is 36.6 Å². The Morgan fingerprint density at radius 2 is 1.68 bits per heavy atom. The maximum absolute atomic E-state index is 6.02. The summed E-state index contributed by atoms with van der Waals surface area (Å²) >= 11 is 7.52. The Morgan fingerprint density at radius 1 is 0.964 bits per heavy atom. The number of hydrogen-bond acceptors (Lipinski definition) is 8. The molecule has 0 spiro atoms. The van der Waals surface area contributed by atoms with Gasteiger partial charge >= 0.3 is 0 Å². The highest BCUT2D eigenvalue weighted by Gasteiger charge is 2.15. The lowest BCUT2D eigenvalue weighted by atomic mass is 10.2. The molecule has 0 unspecified atom stereocenters. The number of halogens is 1. The highest BCUT2D eigenvalue weighted by molar-refractivity contribution is 7.98. The molecule has 0 amide bonds. The summed E-state index contributed by atoms with van der Waals surface area (Å²) in [6.45, 7) is 3.04. The molecule has 0 atom stereocenters. The van der Waals surface area contributed by atoms with Gasteiger partial charge in [-0.2, -0.15) is 15.0 Å². The van der Waals surface area contributed by atoms with Gasteiger partial charge in [0.2, 0.25) is 11.9 Å². The van der Waals surface area contributed by atoms with Crippen molar-refractivity contribution in [2.24, 2.45) is 0 Å². The van der Waals surface area contributed by atoms with Crippen LogP contribution in [0.15, 0.2) is 29.4 Å². The average Bonchev–Trinajstić information content (AvgIpc) is 3.06. The molecule has 3 aromatic rings. The van der Waals surface area contributed by atoms with E-state index < -0.39 is 0 Å². The summed E-state index contributed by atoms with van der Waals surface area (Å²) in [6.07, 6.45) is 4.63. The van der Waals surface area contributed by atoms with E-state index in [-0.39, 0.29) is 11.9 Å². The molecule has 0 saturated carbocycles. The molecule has 0 saturated heterocycles. The summed E-state index contributed by atoms with van der Waals surface area (Å²) in [5.41, 5.74) is 12.3. The van der Waals surface area contributed by atoms with Crippen LogP contribution in [-0.2, 0) is 12.3 Å². The van der Waals surface area contributed by atoms with Gasteiger partial charge in [0.25, 0.3) is 0 Å². The number of hydrogen-bond donors (Lipinski definition) is 2. The largest absolute Gasteiger partial charge is 0.368 e. The van der Waals surface area contributed by atoms with Crippen molar-refractivity contribution in [1.82, 2.24) is 29.7 Å². The molecule has 10 heteroatoms. The predicted octanol–water partition coefficient (Wildman–Crippen LogP) is 3.82. The third-order valence-corrected chi connectivity index (χ3v) is 5.32. The van der Waals surface area contributed by atoms with Gasteiger partial charge in [-0.1, -0.05) is 49.5 Å². The Kier molecular flexibility index (Phi) is 7.05. The van der Waals surface area contributed by atoms with E-state index in [1.807, 2.05) is 24.3 Å². The van der Waals surface area contributed by atoms with Gasteiger partial charge in [0, 0.05) is 17.1 Å². The molecule has 2 heterocycles. The molecule has 0 radical (unpaired) electrons. The van der Waals surface area contributed by atoms with E-state index in [0.717, 1.165) is 29.5 Å². The smallest absolute Gasteiger partial charge is 0.225 e. The highest BCUT2D eigenvalue weighted by atomic mass is 35.5. The standard InChI is InChI=1S/C18H23ClN8S/c1-2-3-4-5-10-27-15(12-6-8-13(19)9-7-12)25-26-18(27)28-11-14-22-16(20)24-17(21)23-14/h6-9H,2-5,10-11H2,1H3,(H4,20,21,22,23,24). The number of anilines is 2. The molecular formula is C18H23ClN8S. The second-order valence-electron chi connectivity index (χ2n) is 6.28. The molecule has 8 nitrogen and oxygen atoms in total. The van der Waals surface area contributed by atoms with Crippen molar-refractivity contribution in [1.29, 1.82) is 0 Å². The second-order valence-corrected chi connectivity index (χ2v) is 7.66. The summed E-state index contributed by atoms with van der Waals surface area (Å²) in [5, 5.41) is 10.3. The van der Waals surface area contributed by atoms with Crippen LogP contribution >= 0.6 is 23.4 Å². The molecule has 148 valence electrons. The zero-order valence-electron chi connectivity index (χ0n) is 15.7. The van der Waals surface area contributed by atoms with E-state index in [0.29, 0.717) is 16.6 Å². The third kappa shape index (κ3) is 5.32. The number of nitrogens with zero attached hydrogens (tertiary/aromatic N) is 6. The van der Waals surface area contributed by atoms with Crippen molar-refractivity contribution in [2.75, 3.05) is 11.5 Å². The van der Waals surface area contributed by atoms with Crippen LogP contribution in [-0.4, -0.2) is 29.7 Å². The Morgan fingerprint density at radius 3 is 2.36 bits per heavy atom. The predicted molar refractivity (Wildman–Crippen MR) is 113 cm³/mol. The number of thioether (sulfide) groups is 1. The molecule has 1 aromatic carbocycles. The van der Waals surface area contributed by atoms with Crippen LogP contribution < -0.4 is 11.5 Å². The third-order valence-electron chi connectivity index (χ3n) is 4.10. The van der Waals surface area contributed by atoms with Crippen LogP contribution in [0.25, 0.3) is 11.4 Å². The summed E-state index contributed by atoms with van der Waals surface area (Å²) in [4.78, 5) is 12.0.